The van der Waals surface area contributed by atoms with Gasteiger partial charge in [0.25, 0.3) is 0 Å². The van der Waals surface area contributed by atoms with Crippen LogP contribution in [0.1, 0.15) is 11.3 Å². The number of carbonyl (C=O) groups is 2. The van der Waals surface area contributed by atoms with Gasteiger partial charge in [-0.1, -0.05) is 29.8 Å². The van der Waals surface area contributed by atoms with Crippen molar-refractivity contribution in [2.75, 3.05) is 70.6 Å². The molecule has 38 heavy (non-hydrogen) atoms. The van der Waals surface area contributed by atoms with E-state index in [1.165, 1.54) is 0 Å². The van der Waals surface area contributed by atoms with Crippen LogP contribution >= 0.6 is 11.6 Å². The monoisotopic (exact) mass is 536 g/mol. The van der Waals surface area contributed by atoms with Crippen LogP contribution in [0.25, 0.3) is 10.9 Å². The summed E-state index contributed by atoms with van der Waals surface area (Å²) in [6.07, 6.45) is 0.717. The molecule has 2 aromatic carbocycles. The Morgan fingerprint density at radius 1 is 1.08 bits per heavy atom. The van der Waals surface area contributed by atoms with Crippen LogP contribution < -0.4 is 15.4 Å². The van der Waals surface area contributed by atoms with Crippen LogP contribution in [-0.2, 0) is 22.6 Å². The minimum absolute atomic E-state index is 0.0928. The Kier molecular flexibility index (Phi) is 7.97. The van der Waals surface area contributed by atoms with Gasteiger partial charge in [-0.3, -0.25) is 19.5 Å². The number of piperazine rings is 1. The van der Waals surface area contributed by atoms with Crippen molar-refractivity contribution in [3.05, 3.63) is 58.7 Å². The van der Waals surface area contributed by atoms with Crippen molar-refractivity contribution in [3.63, 3.8) is 0 Å². The lowest BCUT2D eigenvalue weighted by atomic mass is 9.99. The number of pyridine rings is 1. The summed E-state index contributed by atoms with van der Waals surface area (Å²) in [5.74, 6) is 0.497. The third-order valence-corrected chi connectivity index (χ3v) is 7.44. The molecule has 0 radical (unpaired) electrons. The second-order valence-corrected chi connectivity index (χ2v) is 10.3. The van der Waals surface area contributed by atoms with Gasteiger partial charge in [-0.05, 0) is 31.3 Å². The number of hydrogen-bond acceptors (Lipinski definition) is 7. The van der Waals surface area contributed by atoms with E-state index in [0.717, 1.165) is 60.4 Å². The highest BCUT2D eigenvalue weighted by atomic mass is 35.5. The quantitative estimate of drug-likeness (QED) is 0.479. The van der Waals surface area contributed by atoms with Gasteiger partial charge in [0.1, 0.15) is 5.75 Å². The standard InChI is InChI=1S/C28H33ClN6O3/c1-33-11-13-35(14-12-33)27(37)16-30-28-20-5-3-4-6-22(20)31-23-9-10-34(17-21(23)28)18-26(36)32-24-15-19(29)7-8-25(24)38-2/h3-8,15H,9-14,16-18H2,1-2H3,(H,30,31)(H,32,36). The van der Waals surface area contributed by atoms with E-state index in [2.05, 4.69) is 27.5 Å². The number of likely N-dealkylation sites (N-methyl/N-ethyl adjacent to an activating group) is 1. The maximum absolute atomic E-state index is 13.0. The number of benzene rings is 2. The summed E-state index contributed by atoms with van der Waals surface area (Å²) < 4.78 is 5.35. The van der Waals surface area contributed by atoms with Gasteiger partial charge >= 0.3 is 0 Å². The van der Waals surface area contributed by atoms with Gasteiger partial charge in [0.2, 0.25) is 11.8 Å². The van der Waals surface area contributed by atoms with Gasteiger partial charge in [0.15, 0.2) is 0 Å². The van der Waals surface area contributed by atoms with Crippen molar-refractivity contribution in [3.8, 4) is 5.75 Å². The molecule has 2 amide bonds. The van der Waals surface area contributed by atoms with Crippen molar-refractivity contribution < 1.29 is 14.3 Å². The molecule has 3 heterocycles. The maximum Gasteiger partial charge on any atom is 0.241 e. The normalized spacial score (nSPS) is 16.2. The number of para-hydroxylation sites is 1. The van der Waals surface area contributed by atoms with Crippen LogP contribution in [0, 0.1) is 0 Å². The van der Waals surface area contributed by atoms with Crippen LogP contribution in [0.15, 0.2) is 42.5 Å². The number of hydrogen-bond donors (Lipinski definition) is 2. The van der Waals surface area contributed by atoms with E-state index >= 15 is 0 Å². The molecule has 0 unspecified atom stereocenters. The first kappa shape index (κ1) is 26.2. The fourth-order valence-electron chi connectivity index (χ4n) is 5.09. The van der Waals surface area contributed by atoms with E-state index in [1.54, 1.807) is 25.3 Å². The summed E-state index contributed by atoms with van der Waals surface area (Å²) in [5, 5.41) is 7.88. The molecule has 1 fully saturated rings. The molecular weight excluding hydrogens is 504 g/mol. The Labute approximate surface area is 227 Å². The summed E-state index contributed by atoms with van der Waals surface area (Å²) in [6.45, 7) is 4.95. The van der Waals surface area contributed by atoms with Crippen molar-refractivity contribution in [2.45, 2.75) is 13.0 Å². The van der Waals surface area contributed by atoms with Gasteiger partial charge in [-0.2, -0.15) is 0 Å². The minimum atomic E-state index is -0.150. The van der Waals surface area contributed by atoms with Crippen LogP contribution in [0.4, 0.5) is 11.4 Å². The topological polar surface area (TPSA) is 90.0 Å². The van der Waals surface area contributed by atoms with E-state index in [9.17, 15) is 9.59 Å². The zero-order chi connectivity index (χ0) is 26.6. The van der Waals surface area contributed by atoms with Crippen LogP contribution in [0.3, 0.4) is 0 Å². The van der Waals surface area contributed by atoms with Crippen LogP contribution in [0.2, 0.25) is 5.02 Å². The second kappa shape index (κ2) is 11.6. The number of carbonyl (C=O) groups excluding carboxylic acids is 2. The molecule has 1 aromatic heterocycles. The fraction of sp³-hybridized carbons (Fsp3) is 0.393. The van der Waals surface area contributed by atoms with E-state index in [1.807, 2.05) is 29.2 Å². The zero-order valence-electron chi connectivity index (χ0n) is 21.8. The maximum atomic E-state index is 13.0. The van der Waals surface area contributed by atoms with Gasteiger partial charge in [0.05, 0.1) is 37.1 Å². The smallest absolute Gasteiger partial charge is 0.241 e. The second-order valence-electron chi connectivity index (χ2n) is 9.82. The highest BCUT2D eigenvalue weighted by Gasteiger charge is 2.25. The van der Waals surface area contributed by atoms with Gasteiger partial charge in [-0.25, -0.2) is 0 Å². The van der Waals surface area contributed by atoms with E-state index in [4.69, 9.17) is 21.3 Å². The van der Waals surface area contributed by atoms with Crippen molar-refractivity contribution >= 4 is 45.7 Å². The molecule has 2 aliphatic rings. The van der Waals surface area contributed by atoms with Crippen LogP contribution in [0.5, 0.6) is 5.75 Å². The molecule has 1 saturated heterocycles. The average Bonchev–Trinajstić information content (AvgIpc) is 2.91. The first-order valence-corrected chi connectivity index (χ1v) is 13.3. The zero-order valence-corrected chi connectivity index (χ0v) is 22.6. The number of nitrogens with zero attached hydrogens (tertiary/aromatic N) is 4. The molecule has 2 N–H and O–H groups in total. The van der Waals surface area contributed by atoms with E-state index in [-0.39, 0.29) is 24.9 Å². The fourth-order valence-corrected chi connectivity index (χ4v) is 5.26. The molecule has 2 aliphatic heterocycles. The Morgan fingerprint density at radius 2 is 1.87 bits per heavy atom. The summed E-state index contributed by atoms with van der Waals surface area (Å²) in [6, 6.07) is 13.1. The Morgan fingerprint density at radius 3 is 2.66 bits per heavy atom. The Bertz CT molecular complexity index is 1340. The molecular formula is C28H33ClN6O3. The number of rotatable bonds is 7. The number of halogens is 1. The minimum Gasteiger partial charge on any atom is -0.495 e. The first-order chi connectivity index (χ1) is 18.4. The predicted octanol–water partition coefficient (Wildman–Crippen LogP) is 3.08. The predicted molar refractivity (Wildman–Crippen MR) is 150 cm³/mol. The molecule has 5 rings (SSSR count). The first-order valence-electron chi connectivity index (χ1n) is 12.9. The molecule has 3 aromatic rings. The van der Waals surface area contributed by atoms with Crippen molar-refractivity contribution in [1.82, 2.24) is 19.7 Å². The van der Waals surface area contributed by atoms with Crippen molar-refractivity contribution in [2.24, 2.45) is 0 Å². The molecule has 0 bridgehead atoms. The summed E-state index contributed by atoms with van der Waals surface area (Å²) in [5.41, 5.74) is 4.41. The Balaban J connectivity index is 1.32. The Hall–Kier alpha value is -3.40. The van der Waals surface area contributed by atoms with Gasteiger partial charge < -0.3 is 25.2 Å². The number of nitrogens with one attached hydrogen (secondary N) is 2. The van der Waals surface area contributed by atoms with E-state index < -0.39 is 0 Å². The summed E-state index contributed by atoms with van der Waals surface area (Å²) >= 11 is 6.12. The molecule has 0 saturated carbocycles. The van der Waals surface area contributed by atoms with E-state index in [0.29, 0.717) is 29.5 Å². The average molecular weight is 537 g/mol. The highest BCUT2D eigenvalue weighted by molar-refractivity contribution is 6.31. The number of anilines is 2. The lowest BCUT2D eigenvalue weighted by molar-refractivity contribution is -0.130. The lowest BCUT2D eigenvalue weighted by Crippen LogP contribution is -2.48. The largest absolute Gasteiger partial charge is 0.495 e. The van der Waals surface area contributed by atoms with Gasteiger partial charge in [-0.15, -0.1) is 0 Å². The third kappa shape index (κ3) is 5.85. The summed E-state index contributed by atoms with van der Waals surface area (Å²) in [7, 11) is 3.63. The SMILES string of the molecule is COc1ccc(Cl)cc1NC(=O)CN1CCc2nc3ccccc3c(NCC(=O)N3CCN(C)CC3)c2C1. The molecule has 10 heteroatoms. The van der Waals surface area contributed by atoms with Crippen LogP contribution in [-0.4, -0.2) is 91.5 Å². The molecule has 0 aliphatic carbocycles. The molecule has 0 spiro atoms. The third-order valence-electron chi connectivity index (χ3n) is 7.20. The molecule has 0 atom stereocenters. The molecule has 200 valence electrons. The lowest BCUT2D eigenvalue weighted by Gasteiger charge is -2.33. The number of amides is 2. The molecule has 9 nitrogen and oxygen atoms in total. The highest BCUT2D eigenvalue weighted by Crippen LogP contribution is 2.33. The van der Waals surface area contributed by atoms with Crippen molar-refractivity contribution in [1.29, 1.82) is 0 Å². The number of methoxy groups -OCH3 is 1. The summed E-state index contributed by atoms with van der Waals surface area (Å²) in [4.78, 5) is 37.1. The number of aromatic nitrogens is 1. The number of fused-ring (bicyclic) bond motifs is 2. The van der Waals surface area contributed by atoms with Gasteiger partial charge in [0, 0.05) is 67.4 Å². The number of ether oxygens (including phenoxy) is 1.